The fraction of sp³-hybridized carbons (Fsp3) is 0.538. The van der Waals surface area contributed by atoms with Crippen LogP contribution >= 0.6 is 0 Å². The highest BCUT2D eigenvalue weighted by Crippen LogP contribution is 2.15. The highest BCUT2D eigenvalue weighted by molar-refractivity contribution is 5.43. The molecule has 4 nitrogen and oxygen atoms in total. The number of hydrogen-bond acceptors (Lipinski definition) is 2. The fourth-order valence-electron chi connectivity index (χ4n) is 2.05. The second-order valence-corrected chi connectivity index (χ2v) is 4.58. The van der Waals surface area contributed by atoms with E-state index in [0.717, 1.165) is 35.4 Å². The van der Waals surface area contributed by atoms with Crippen LogP contribution in [0.1, 0.15) is 50.1 Å². The second-order valence-electron chi connectivity index (χ2n) is 4.58. The van der Waals surface area contributed by atoms with E-state index in [0.29, 0.717) is 5.92 Å². The standard InChI is InChI=1S/C13H19N3O/c1-5-8(3)12-14-11-7-9(4)10(6-2)13(17)16(11)15-12/h7-8H,5-6H2,1-4H3,(H,14,15). The quantitative estimate of drug-likeness (QED) is 0.885. The van der Waals surface area contributed by atoms with Crippen molar-refractivity contribution in [3.8, 4) is 0 Å². The van der Waals surface area contributed by atoms with Gasteiger partial charge in [0.2, 0.25) is 0 Å². The van der Waals surface area contributed by atoms with Gasteiger partial charge in [-0.15, -0.1) is 0 Å². The molecule has 1 N–H and O–H groups in total. The van der Waals surface area contributed by atoms with E-state index in [2.05, 4.69) is 23.9 Å². The number of aryl methyl sites for hydroxylation is 1. The van der Waals surface area contributed by atoms with Gasteiger partial charge < -0.3 is 0 Å². The molecule has 0 saturated heterocycles. The first-order valence-corrected chi connectivity index (χ1v) is 6.19. The van der Waals surface area contributed by atoms with Crippen LogP contribution in [-0.2, 0) is 6.42 Å². The Morgan fingerprint density at radius 3 is 2.76 bits per heavy atom. The Kier molecular flexibility index (Phi) is 3.05. The summed E-state index contributed by atoms with van der Waals surface area (Å²) in [6.07, 6.45) is 1.76. The van der Waals surface area contributed by atoms with Gasteiger partial charge in [0.1, 0.15) is 5.82 Å². The minimum Gasteiger partial charge on any atom is -0.276 e. The van der Waals surface area contributed by atoms with Gasteiger partial charge in [-0.3, -0.25) is 9.89 Å². The molecule has 0 saturated carbocycles. The van der Waals surface area contributed by atoms with Crippen LogP contribution in [0.3, 0.4) is 0 Å². The molecular weight excluding hydrogens is 214 g/mol. The summed E-state index contributed by atoms with van der Waals surface area (Å²) >= 11 is 0. The van der Waals surface area contributed by atoms with Crippen molar-refractivity contribution in [2.45, 2.75) is 46.5 Å². The van der Waals surface area contributed by atoms with Gasteiger partial charge in [-0.25, -0.2) is 4.98 Å². The number of hydrogen-bond donors (Lipinski definition) is 1. The molecule has 92 valence electrons. The molecule has 17 heavy (non-hydrogen) atoms. The van der Waals surface area contributed by atoms with E-state index < -0.39 is 0 Å². The van der Waals surface area contributed by atoms with Crippen LogP contribution in [0.5, 0.6) is 0 Å². The van der Waals surface area contributed by atoms with Crippen LogP contribution in [0.4, 0.5) is 0 Å². The predicted molar refractivity (Wildman–Crippen MR) is 68.6 cm³/mol. The number of fused-ring (bicyclic) bond motifs is 1. The van der Waals surface area contributed by atoms with Crippen molar-refractivity contribution in [2.24, 2.45) is 0 Å². The third-order valence-corrected chi connectivity index (χ3v) is 3.41. The summed E-state index contributed by atoms with van der Waals surface area (Å²) < 4.78 is 1.56. The average Bonchev–Trinajstić information content (AvgIpc) is 2.72. The number of aromatic nitrogens is 3. The highest BCUT2D eigenvalue weighted by atomic mass is 16.1. The zero-order valence-corrected chi connectivity index (χ0v) is 10.9. The fourth-order valence-corrected chi connectivity index (χ4v) is 2.05. The first-order valence-electron chi connectivity index (χ1n) is 6.19. The van der Waals surface area contributed by atoms with Gasteiger partial charge in [-0.05, 0) is 31.4 Å². The molecule has 2 aromatic rings. The van der Waals surface area contributed by atoms with E-state index in [1.54, 1.807) is 4.52 Å². The molecule has 0 spiro atoms. The Labute approximate surface area is 101 Å². The second kappa shape index (κ2) is 4.35. The summed E-state index contributed by atoms with van der Waals surface area (Å²) in [6, 6.07) is 1.97. The Balaban J connectivity index is 2.70. The van der Waals surface area contributed by atoms with E-state index in [4.69, 9.17) is 0 Å². The third kappa shape index (κ3) is 1.88. The number of nitrogens with zero attached hydrogens (tertiary/aromatic N) is 2. The van der Waals surface area contributed by atoms with Crippen molar-refractivity contribution < 1.29 is 0 Å². The zero-order chi connectivity index (χ0) is 12.6. The molecule has 0 amide bonds. The molecule has 0 aromatic carbocycles. The minimum absolute atomic E-state index is 0.0320. The van der Waals surface area contributed by atoms with Gasteiger partial charge in [-0.1, -0.05) is 20.8 Å². The van der Waals surface area contributed by atoms with Crippen molar-refractivity contribution in [3.05, 3.63) is 33.4 Å². The summed E-state index contributed by atoms with van der Waals surface area (Å²) in [5, 5.41) is 3.11. The van der Waals surface area contributed by atoms with Crippen LogP contribution < -0.4 is 5.56 Å². The van der Waals surface area contributed by atoms with Crippen molar-refractivity contribution in [1.29, 1.82) is 0 Å². The third-order valence-electron chi connectivity index (χ3n) is 3.41. The van der Waals surface area contributed by atoms with Crippen molar-refractivity contribution in [2.75, 3.05) is 0 Å². The summed E-state index contributed by atoms with van der Waals surface area (Å²) in [7, 11) is 0. The van der Waals surface area contributed by atoms with E-state index in [1.165, 1.54) is 0 Å². The average molecular weight is 233 g/mol. The van der Waals surface area contributed by atoms with E-state index in [1.807, 2.05) is 19.9 Å². The lowest BCUT2D eigenvalue weighted by Gasteiger charge is -2.02. The summed E-state index contributed by atoms with van der Waals surface area (Å²) in [6.45, 7) is 8.19. The van der Waals surface area contributed by atoms with Gasteiger partial charge in [0, 0.05) is 11.5 Å². The minimum atomic E-state index is 0.0320. The lowest BCUT2D eigenvalue weighted by molar-refractivity contribution is 0.673. The molecule has 1 atom stereocenters. The largest absolute Gasteiger partial charge is 0.276 e. The number of rotatable bonds is 3. The molecular formula is C13H19N3O. The summed E-state index contributed by atoms with van der Waals surface area (Å²) in [5.41, 5.74) is 2.64. The molecule has 0 bridgehead atoms. The maximum atomic E-state index is 12.2. The molecule has 4 heteroatoms. The maximum Gasteiger partial charge on any atom is 0.274 e. The topological polar surface area (TPSA) is 50.2 Å². The van der Waals surface area contributed by atoms with E-state index >= 15 is 0 Å². The Hall–Kier alpha value is -1.58. The van der Waals surface area contributed by atoms with Crippen molar-refractivity contribution >= 4 is 5.65 Å². The predicted octanol–water partition coefficient (Wildman–Crippen LogP) is 2.41. The zero-order valence-electron chi connectivity index (χ0n) is 10.9. The van der Waals surface area contributed by atoms with Crippen LogP contribution in [0.25, 0.3) is 5.65 Å². The SMILES string of the molecule is CCc1c(C)cc2nc(C(C)CC)[nH]n2c1=O. The van der Waals surface area contributed by atoms with E-state index in [9.17, 15) is 4.79 Å². The summed E-state index contributed by atoms with van der Waals surface area (Å²) in [5.74, 6) is 1.23. The molecule has 0 radical (unpaired) electrons. The van der Waals surface area contributed by atoms with Crippen molar-refractivity contribution in [3.63, 3.8) is 0 Å². The molecule has 0 fully saturated rings. The molecule has 2 heterocycles. The van der Waals surface area contributed by atoms with Gasteiger partial charge in [0.15, 0.2) is 5.65 Å². The van der Waals surface area contributed by atoms with Crippen LogP contribution in [0.15, 0.2) is 10.9 Å². The molecule has 2 aromatic heterocycles. The Morgan fingerprint density at radius 2 is 2.18 bits per heavy atom. The van der Waals surface area contributed by atoms with Gasteiger partial charge >= 0.3 is 0 Å². The smallest absolute Gasteiger partial charge is 0.274 e. The molecule has 0 aliphatic carbocycles. The normalized spacial score (nSPS) is 13.2. The molecule has 0 aliphatic rings. The van der Waals surface area contributed by atoms with Gasteiger partial charge in [0.05, 0.1) is 0 Å². The molecule has 2 rings (SSSR count). The van der Waals surface area contributed by atoms with Crippen LogP contribution in [0.2, 0.25) is 0 Å². The number of pyridine rings is 1. The highest BCUT2D eigenvalue weighted by Gasteiger charge is 2.12. The van der Waals surface area contributed by atoms with Crippen LogP contribution in [-0.4, -0.2) is 14.6 Å². The van der Waals surface area contributed by atoms with Gasteiger partial charge in [0.25, 0.3) is 5.56 Å². The first kappa shape index (κ1) is 11.9. The van der Waals surface area contributed by atoms with E-state index in [-0.39, 0.29) is 5.56 Å². The van der Waals surface area contributed by atoms with Crippen molar-refractivity contribution in [1.82, 2.24) is 14.6 Å². The Morgan fingerprint density at radius 1 is 1.47 bits per heavy atom. The Bertz CT molecular complexity index is 594. The summed E-state index contributed by atoms with van der Waals surface area (Å²) in [4.78, 5) is 16.7. The monoisotopic (exact) mass is 233 g/mol. The first-order chi connectivity index (χ1) is 8.08. The lowest BCUT2D eigenvalue weighted by Crippen LogP contribution is -2.19. The van der Waals surface area contributed by atoms with Crippen LogP contribution in [0, 0.1) is 6.92 Å². The maximum absolute atomic E-state index is 12.2. The van der Waals surface area contributed by atoms with Gasteiger partial charge in [-0.2, -0.15) is 4.52 Å². The number of nitrogens with one attached hydrogen (secondary N) is 1. The molecule has 1 unspecified atom stereocenters. The molecule has 0 aliphatic heterocycles. The number of H-pyrrole nitrogens is 1. The lowest BCUT2D eigenvalue weighted by atomic mass is 10.1. The number of aromatic amines is 1.